The molecule has 1 heterocycles. The highest BCUT2D eigenvalue weighted by Crippen LogP contribution is 2.32. The Kier molecular flexibility index (Phi) is 5.70. The second-order valence-electron chi connectivity index (χ2n) is 5.37. The lowest BCUT2D eigenvalue weighted by atomic mass is 10.1. The molecule has 1 aromatic carbocycles. The van der Waals surface area contributed by atoms with Crippen molar-refractivity contribution in [2.24, 2.45) is 5.73 Å². The molecule has 26 heavy (non-hydrogen) atoms. The number of benzene rings is 1. The van der Waals surface area contributed by atoms with Gasteiger partial charge in [0.2, 0.25) is 5.88 Å². The Labute approximate surface area is 150 Å². The van der Waals surface area contributed by atoms with Crippen molar-refractivity contribution >= 4 is 28.5 Å². The van der Waals surface area contributed by atoms with Gasteiger partial charge in [0, 0.05) is 14.1 Å². The van der Waals surface area contributed by atoms with Crippen LogP contribution >= 0.6 is 11.5 Å². The minimum atomic E-state index is -4.47. The third-order valence-electron chi connectivity index (χ3n) is 3.16. The molecule has 0 fully saturated rings. The number of nitrogens with zero attached hydrogens (tertiary/aromatic N) is 2. The molecule has 3 N–H and O–H groups in total. The third kappa shape index (κ3) is 4.63. The largest absolute Gasteiger partial charge is 0.472 e. The molecule has 0 saturated heterocycles. The number of nitrogens with two attached hydrogens (primary N) is 1. The van der Waals surface area contributed by atoms with Crippen molar-refractivity contribution in [1.29, 1.82) is 0 Å². The Morgan fingerprint density at radius 3 is 2.62 bits per heavy atom. The number of ether oxygens (including phenoxy) is 1. The summed E-state index contributed by atoms with van der Waals surface area (Å²) in [7, 11) is 3.01. The van der Waals surface area contributed by atoms with E-state index in [0.717, 1.165) is 23.7 Å². The highest BCUT2D eigenvalue weighted by atomic mass is 32.1. The molecule has 1 aromatic heterocycles. The van der Waals surface area contributed by atoms with Crippen LogP contribution in [-0.2, 0) is 12.8 Å². The number of anilines is 1. The second kappa shape index (κ2) is 7.60. The van der Waals surface area contributed by atoms with Gasteiger partial charge in [-0.25, -0.2) is 4.79 Å². The lowest BCUT2D eigenvalue weighted by Gasteiger charge is -2.11. The summed E-state index contributed by atoms with van der Waals surface area (Å²) in [4.78, 5) is 24.6. The Balaban J connectivity index is 2.19. The average molecular weight is 388 g/mol. The summed E-state index contributed by atoms with van der Waals surface area (Å²) < 4.78 is 47.4. The first-order valence-electron chi connectivity index (χ1n) is 7.16. The van der Waals surface area contributed by atoms with E-state index in [1.807, 2.05) is 0 Å². The van der Waals surface area contributed by atoms with Gasteiger partial charge < -0.3 is 15.4 Å². The van der Waals surface area contributed by atoms with E-state index in [1.165, 1.54) is 31.1 Å². The standard InChI is InChI=1S/C15H15F3N4O3S/c1-22(2)14(24)20-13-10(11(19)23)12(21-26-13)25-7-8-4-3-5-9(6-8)15(16,17)18/h3-6H,7H2,1-2H3,(H2,19,23)(H,20,24). The van der Waals surface area contributed by atoms with Gasteiger partial charge in [0.05, 0.1) is 5.56 Å². The Hall–Kier alpha value is -2.82. The molecule has 0 radical (unpaired) electrons. The molecular formula is C15H15F3N4O3S. The maximum absolute atomic E-state index is 12.7. The molecule has 0 aliphatic heterocycles. The molecule has 2 aromatic rings. The molecule has 0 atom stereocenters. The zero-order valence-corrected chi connectivity index (χ0v) is 14.6. The topological polar surface area (TPSA) is 97.6 Å². The number of aromatic nitrogens is 1. The number of primary amides is 1. The van der Waals surface area contributed by atoms with Gasteiger partial charge in [-0.15, -0.1) is 0 Å². The van der Waals surface area contributed by atoms with Crippen LogP contribution in [0.4, 0.5) is 23.0 Å². The first-order chi connectivity index (χ1) is 12.1. The van der Waals surface area contributed by atoms with E-state index in [2.05, 4.69) is 9.69 Å². The van der Waals surface area contributed by atoms with Crippen LogP contribution in [-0.4, -0.2) is 35.3 Å². The highest BCUT2D eigenvalue weighted by Gasteiger charge is 2.30. The highest BCUT2D eigenvalue weighted by molar-refractivity contribution is 7.11. The van der Waals surface area contributed by atoms with E-state index in [4.69, 9.17) is 10.5 Å². The van der Waals surface area contributed by atoms with Crippen LogP contribution in [0.15, 0.2) is 24.3 Å². The summed E-state index contributed by atoms with van der Waals surface area (Å²) in [5.74, 6) is -1.04. The number of halogens is 3. The zero-order chi connectivity index (χ0) is 19.5. The monoisotopic (exact) mass is 388 g/mol. The molecule has 0 bridgehead atoms. The molecule has 0 spiro atoms. The van der Waals surface area contributed by atoms with Crippen molar-refractivity contribution in [1.82, 2.24) is 9.27 Å². The van der Waals surface area contributed by atoms with Crippen molar-refractivity contribution in [2.75, 3.05) is 19.4 Å². The fourth-order valence-electron chi connectivity index (χ4n) is 1.87. The smallest absolute Gasteiger partial charge is 0.416 e. The molecule has 0 aliphatic carbocycles. The number of rotatable bonds is 5. The lowest BCUT2D eigenvalue weighted by molar-refractivity contribution is -0.137. The van der Waals surface area contributed by atoms with E-state index in [9.17, 15) is 22.8 Å². The van der Waals surface area contributed by atoms with E-state index in [1.54, 1.807) is 0 Å². The van der Waals surface area contributed by atoms with Crippen molar-refractivity contribution in [2.45, 2.75) is 12.8 Å². The predicted molar refractivity (Wildman–Crippen MR) is 89.1 cm³/mol. The van der Waals surface area contributed by atoms with E-state index in [-0.39, 0.29) is 28.6 Å². The number of hydrogen-bond donors (Lipinski definition) is 2. The van der Waals surface area contributed by atoms with Crippen LogP contribution in [0.1, 0.15) is 21.5 Å². The van der Waals surface area contributed by atoms with Crippen LogP contribution in [0.2, 0.25) is 0 Å². The van der Waals surface area contributed by atoms with Gasteiger partial charge in [0.15, 0.2) is 0 Å². The van der Waals surface area contributed by atoms with Crippen molar-refractivity contribution < 1.29 is 27.5 Å². The molecule has 7 nitrogen and oxygen atoms in total. The van der Waals surface area contributed by atoms with Gasteiger partial charge in [-0.1, -0.05) is 12.1 Å². The van der Waals surface area contributed by atoms with Crippen LogP contribution in [0, 0.1) is 0 Å². The minimum Gasteiger partial charge on any atom is -0.472 e. The van der Waals surface area contributed by atoms with Crippen LogP contribution in [0.3, 0.4) is 0 Å². The molecule has 3 amide bonds. The Morgan fingerprint density at radius 1 is 1.35 bits per heavy atom. The maximum Gasteiger partial charge on any atom is 0.416 e. The molecule has 0 aliphatic rings. The molecule has 140 valence electrons. The number of alkyl halides is 3. The van der Waals surface area contributed by atoms with Gasteiger partial charge in [0.25, 0.3) is 5.91 Å². The molecule has 11 heteroatoms. The number of carbonyl (C=O) groups excluding carboxylic acids is 2. The first kappa shape index (κ1) is 19.5. The summed E-state index contributed by atoms with van der Waals surface area (Å²) in [6, 6.07) is 4.07. The molecule has 0 unspecified atom stereocenters. The van der Waals surface area contributed by atoms with Gasteiger partial charge >= 0.3 is 12.2 Å². The normalized spacial score (nSPS) is 11.1. The Bertz CT molecular complexity index is 821. The van der Waals surface area contributed by atoms with Crippen LogP contribution in [0.5, 0.6) is 5.88 Å². The minimum absolute atomic E-state index is 0.0928. The second-order valence-corrected chi connectivity index (χ2v) is 6.14. The summed E-state index contributed by atoms with van der Waals surface area (Å²) >= 11 is 0.778. The van der Waals surface area contributed by atoms with Gasteiger partial charge in [-0.05, 0) is 29.2 Å². The van der Waals surface area contributed by atoms with Gasteiger partial charge in [-0.3, -0.25) is 10.1 Å². The number of amides is 3. The fraction of sp³-hybridized carbons (Fsp3) is 0.267. The summed E-state index contributed by atoms with van der Waals surface area (Å²) in [6.07, 6.45) is -4.47. The van der Waals surface area contributed by atoms with Crippen molar-refractivity contribution in [3.05, 3.63) is 41.0 Å². The van der Waals surface area contributed by atoms with Crippen LogP contribution in [0.25, 0.3) is 0 Å². The lowest BCUT2D eigenvalue weighted by Crippen LogP contribution is -2.28. The van der Waals surface area contributed by atoms with Crippen molar-refractivity contribution in [3.63, 3.8) is 0 Å². The van der Waals surface area contributed by atoms with Crippen LogP contribution < -0.4 is 15.8 Å². The fourth-order valence-corrected chi connectivity index (χ4v) is 2.61. The zero-order valence-electron chi connectivity index (χ0n) is 13.8. The first-order valence-corrected chi connectivity index (χ1v) is 7.93. The summed E-state index contributed by atoms with van der Waals surface area (Å²) in [5, 5.41) is 2.55. The van der Waals surface area contributed by atoms with Crippen molar-refractivity contribution in [3.8, 4) is 5.88 Å². The van der Waals surface area contributed by atoms with E-state index >= 15 is 0 Å². The SMILES string of the molecule is CN(C)C(=O)Nc1snc(OCc2cccc(C(F)(F)F)c2)c1C(N)=O. The molecule has 0 saturated carbocycles. The maximum atomic E-state index is 12.7. The number of nitrogens with one attached hydrogen (secondary N) is 1. The molecular weight excluding hydrogens is 373 g/mol. The van der Waals surface area contributed by atoms with Gasteiger partial charge in [0.1, 0.15) is 17.2 Å². The quantitative estimate of drug-likeness (QED) is 0.823. The number of carbonyl (C=O) groups is 2. The average Bonchev–Trinajstić information content (AvgIpc) is 2.95. The third-order valence-corrected chi connectivity index (χ3v) is 3.91. The van der Waals surface area contributed by atoms with E-state index in [0.29, 0.717) is 0 Å². The number of urea groups is 1. The molecule has 2 rings (SSSR count). The summed E-state index contributed by atoms with van der Waals surface area (Å²) in [5.41, 5.74) is 4.58. The van der Waals surface area contributed by atoms with E-state index < -0.39 is 23.7 Å². The number of hydrogen-bond acceptors (Lipinski definition) is 5. The Morgan fingerprint density at radius 2 is 2.04 bits per heavy atom. The summed E-state index contributed by atoms with van der Waals surface area (Å²) in [6.45, 7) is -0.255. The predicted octanol–water partition coefficient (Wildman–Crippen LogP) is 2.93. The van der Waals surface area contributed by atoms with Gasteiger partial charge in [-0.2, -0.15) is 17.5 Å².